The number of halogens is 1. The molecule has 3 unspecified atom stereocenters. The summed E-state index contributed by atoms with van der Waals surface area (Å²) in [5.74, 6) is 1.55. The summed E-state index contributed by atoms with van der Waals surface area (Å²) < 4.78 is 5.59. The Morgan fingerprint density at radius 1 is 1.45 bits per heavy atom. The third-order valence-corrected chi connectivity index (χ3v) is 4.33. The van der Waals surface area contributed by atoms with Crippen molar-refractivity contribution in [3.05, 3.63) is 28.8 Å². The second-order valence-electron chi connectivity index (χ2n) is 5.90. The fourth-order valence-electron chi connectivity index (χ4n) is 2.65. The number of rotatable bonds is 6. The zero-order chi connectivity index (χ0) is 14.5. The molecule has 112 valence electrons. The summed E-state index contributed by atoms with van der Waals surface area (Å²) >= 11 is 5.96. The Balaban J connectivity index is 1.69. The maximum atomic E-state index is 9.95. The predicted octanol–water partition coefficient (Wildman–Crippen LogP) is 3.17. The van der Waals surface area contributed by atoms with Crippen molar-refractivity contribution < 1.29 is 9.84 Å². The average Bonchev–Trinajstić information content (AvgIpc) is 2.83. The second kappa shape index (κ2) is 7.30. The van der Waals surface area contributed by atoms with Crippen molar-refractivity contribution in [2.24, 2.45) is 5.92 Å². The molecular weight excluding hydrogens is 274 g/mol. The fourth-order valence-corrected chi connectivity index (χ4v) is 2.77. The van der Waals surface area contributed by atoms with Crippen LogP contribution in [-0.4, -0.2) is 30.4 Å². The lowest BCUT2D eigenvalue weighted by Crippen LogP contribution is -2.36. The van der Waals surface area contributed by atoms with Gasteiger partial charge in [-0.25, -0.2) is 0 Å². The Bertz CT molecular complexity index is 438. The molecule has 0 aromatic heterocycles. The van der Waals surface area contributed by atoms with Crippen LogP contribution in [0.25, 0.3) is 0 Å². The van der Waals surface area contributed by atoms with Crippen molar-refractivity contribution in [3.8, 4) is 5.75 Å². The molecule has 0 aliphatic heterocycles. The molecule has 1 aliphatic rings. The van der Waals surface area contributed by atoms with Gasteiger partial charge in [0.05, 0.1) is 0 Å². The second-order valence-corrected chi connectivity index (χ2v) is 6.31. The highest BCUT2D eigenvalue weighted by atomic mass is 35.5. The van der Waals surface area contributed by atoms with E-state index < -0.39 is 6.10 Å². The number of aliphatic hydroxyl groups is 1. The van der Waals surface area contributed by atoms with Gasteiger partial charge in [-0.05, 0) is 55.9 Å². The lowest BCUT2D eigenvalue weighted by Gasteiger charge is -2.17. The van der Waals surface area contributed by atoms with Gasteiger partial charge >= 0.3 is 0 Å². The maximum absolute atomic E-state index is 9.95. The number of hydrogen-bond donors (Lipinski definition) is 2. The van der Waals surface area contributed by atoms with Gasteiger partial charge in [0.15, 0.2) is 0 Å². The first kappa shape index (κ1) is 15.6. The zero-order valence-electron chi connectivity index (χ0n) is 12.2. The highest BCUT2D eigenvalue weighted by molar-refractivity contribution is 6.31. The maximum Gasteiger partial charge on any atom is 0.119 e. The topological polar surface area (TPSA) is 41.5 Å². The molecule has 0 amide bonds. The first-order chi connectivity index (χ1) is 9.54. The molecule has 1 aromatic rings. The van der Waals surface area contributed by atoms with Crippen LogP contribution in [0, 0.1) is 12.8 Å². The van der Waals surface area contributed by atoms with Crippen molar-refractivity contribution in [2.75, 3.05) is 13.2 Å². The van der Waals surface area contributed by atoms with Gasteiger partial charge in [-0.15, -0.1) is 0 Å². The normalized spacial score (nSPS) is 23.8. The number of aliphatic hydroxyl groups excluding tert-OH is 1. The molecule has 3 nitrogen and oxygen atoms in total. The SMILES string of the molecule is Cc1cc(OCC(O)CNC2CCC(C)C2)ccc1Cl. The Labute approximate surface area is 126 Å². The minimum atomic E-state index is -0.484. The molecule has 1 aromatic carbocycles. The Kier molecular flexibility index (Phi) is 5.70. The molecular formula is C16H24ClNO2. The third kappa shape index (κ3) is 4.65. The van der Waals surface area contributed by atoms with Crippen molar-refractivity contribution in [1.82, 2.24) is 5.32 Å². The van der Waals surface area contributed by atoms with Gasteiger partial charge < -0.3 is 15.2 Å². The number of nitrogens with one attached hydrogen (secondary N) is 1. The standard InChI is InChI=1S/C16H24ClNO2/c1-11-3-4-13(7-11)18-9-14(19)10-20-15-5-6-16(17)12(2)8-15/h5-6,8,11,13-14,18-19H,3-4,7,9-10H2,1-2H3. The zero-order valence-corrected chi connectivity index (χ0v) is 13.0. The van der Waals surface area contributed by atoms with E-state index in [9.17, 15) is 5.11 Å². The largest absolute Gasteiger partial charge is 0.491 e. The van der Waals surface area contributed by atoms with E-state index in [-0.39, 0.29) is 0 Å². The first-order valence-electron chi connectivity index (χ1n) is 7.35. The van der Waals surface area contributed by atoms with E-state index in [0.29, 0.717) is 19.2 Å². The number of ether oxygens (including phenoxy) is 1. The van der Waals surface area contributed by atoms with E-state index in [1.807, 2.05) is 25.1 Å². The van der Waals surface area contributed by atoms with E-state index in [4.69, 9.17) is 16.3 Å². The number of aryl methyl sites for hydroxylation is 1. The van der Waals surface area contributed by atoms with Crippen LogP contribution in [0.5, 0.6) is 5.75 Å². The first-order valence-corrected chi connectivity index (χ1v) is 7.73. The molecule has 0 saturated heterocycles. The van der Waals surface area contributed by atoms with E-state index in [1.54, 1.807) is 0 Å². The van der Waals surface area contributed by atoms with Gasteiger partial charge in [0.2, 0.25) is 0 Å². The quantitative estimate of drug-likeness (QED) is 0.847. The van der Waals surface area contributed by atoms with Gasteiger partial charge in [0.1, 0.15) is 18.5 Å². The summed E-state index contributed by atoms with van der Waals surface area (Å²) in [4.78, 5) is 0. The predicted molar refractivity (Wildman–Crippen MR) is 82.5 cm³/mol. The van der Waals surface area contributed by atoms with Crippen LogP contribution in [0.15, 0.2) is 18.2 Å². The van der Waals surface area contributed by atoms with Crippen LogP contribution >= 0.6 is 11.6 Å². The lowest BCUT2D eigenvalue weighted by atomic mass is 10.1. The summed E-state index contributed by atoms with van der Waals surface area (Å²) in [6.45, 7) is 5.11. The highest BCUT2D eigenvalue weighted by Crippen LogP contribution is 2.24. The highest BCUT2D eigenvalue weighted by Gasteiger charge is 2.21. The van der Waals surface area contributed by atoms with Gasteiger partial charge in [-0.3, -0.25) is 0 Å². The van der Waals surface area contributed by atoms with Crippen molar-refractivity contribution in [3.63, 3.8) is 0 Å². The molecule has 20 heavy (non-hydrogen) atoms. The number of benzene rings is 1. The summed E-state index contributed by atoms with van der Waals surface area (Å²) in [7, 11) is 0. The molecule has 1 fully saturated rings. The molecule has 1 aliphatic carbocycles. The molecule has 2 rings (SSSR count). The Morgan fingerprint density at radius 3 is 2.90 bits per heavy atom. The molecule has 4 heteroatoms. The van der Waals surface area contributed by atoms with E-state index >= 15 is 0 Å². The molecule has 3 atom stereocenters. The fraction of sp³-hybridized carbons (Fsp3) is 0.625. The van der Waals surface area contributed by atoms with Gasteiger partial charge in [0, 0.05) is 17.6 Å². The number of hydrogen-bond acceptors (Lipinski definition) is 3. The van der Waals surface area contributed by atoms with Crippen LogP contribution in [0.4, 0.5) is 0 Å². The Hall–Kier alpha value is -0.770. The monoisotopic (exact) mass is 297 g/mol. The lowest BCUT2D eigenvalue weighted by molar-refractivity contribution is 0.103. The van der Waals surface area contributed by atoms with E-state index in [1.165, 1.54) is 19.3 Å². The molecule has 0 heterocycles. The van der Waals surface area contributed by atoms with Gasteiger partial charge in [0.25, 0.3) is 0 Å². The summed E-state index contributed by atoms with van der Waals surface area (Å²) in [5.41, 5.74) is 0.983. The molecule has 0 spiro atoms. The van der Waals surface area contributed by atoms with Gasteiger partial charge in [-0.1, -0.05) is 18.5 Å². The van der Waals surface area contributed by atoms with Crippen LogP contribution in [0.1, 0.15) is 31.7 Å². The van der Waals surface area contributed by atoms with Crippen LogP contribution in [-0.2, 0) is 0 Å². The minimum absolute atomic E-state index is 0.302. The molecule has 0 radical (unpaired) electrons. The van der Waals surface area contributed by atoms with Gasteiger partial charge in [-0.2, -0.15) is 0 Å². The van der Waals surface area contributed by atoms with Crippen LogP contribution < -0.4 is 10.1 Å². The molecule has 1 saturated carbocycles. The van der Waals surface area contributed by atoms with Crippen molar-refractivity contribution in [1.29, 1.82) is 0 Å². The molecule has 2 N–H and O–H groups in total. The molecule has 0 bridgehead atoms. The van der Waals surface area contributed by atoms with Crippen LogP contribution in [0.2, 0.25) is 5.02 Å². The van der Waals surface area contributed by atoms with E-state index in [2.05, 4.69) is 12.2 Å². The van der Waals surface area contributed by atoms with E-state index in [0.717, 1.165) is 22.3 Å². The summed E-state index contributed by atoms with van der Waals surface area (Å²) in [6.07, 6.45) is 3.23. The summed E-state index contributed by atoms with van der Waals surface area (Å²) in [5, 5.41) is 14.1. The minimum Gasteiger partial charge on any atom is -0.491 e. The van der Waals surface area contributed by atoms with Crippen molar-refractivity contribution in [2.45, 2.75) is 45.3 Å². The third-order valence-electron chi connectivity index (χ3n) is 3.91. The smallest absolute Gasteiger partial charge is 0.119 e. The Morgan fingerprint density at radius 2 is 2.25 bits per heavy atom. The van der Waals surface area contributed by atoms with Crippen LogP contribution in [0.3, 0.4) is 0 Å². The average molecular weight is 298 g/mol. The summed E-state index contributed by atoms with van der Waals surface area (Å²) in [6, 6.07) is 6.09. The van der Waals surface area contributed by atoms with Crippen molar-refractivity contribution >= 4 is 11.6 Å².